The SMILES string of the molecule is OC[C@H]1Oc2c(-c3ccccc3)c3c(c4c2[C@@H](OC4)[C@H]1O)CCC3. The maximum Gasteiger partial charge on any atom is 0.150 e. The smallest absolute Gasteiger partial charge is 0.150 e. The van der Waals surface area contributed by atoms with E-state index in [4.69, 9.17) is 9.47 Å². The number of benzene rings is 2. The number of fused-ring (bicyclic) bond motifs is 2. The second-order valence-corrected chi connectivity index (χ2v) is 6.83. The lowest BCUT2D eigenvalue weighted by Crippen LogP contribution is -2.43. The first-order valence-electron chi connectivity index (χ1n) is 8.62. The Morgan fingerprint density at radius 3 is 2.62 bits per heavy atom. The van der Waals surface area contributed by atoms with Gasteiger partial charge in [0, 0.05) is 11.1 Å². The molecule has 0 saturated carbocycles. The fourth-order valence-corrected chi connectivity index (χ4v) is 4.51. The first-order chi connectivity index (χ1) is 11.8. The van der Waals surface area contributed by atoms with Crippen LogP contribution in [-0.4, -0.2) is 29.0 Å². The van der Waals surface area contributed by atoms with Gasteiger partial charge in [0.05, 0.1) is 13.2 Å². The molecule has 24 heavy (non-hydrogen) atoms. The Balaban J connectivity index is 1.82. The average Bonchev–Trinajstić information content (AvgIpc) is 3.26. The van der Waals surface area contributed by atoms with Gasteiger partial charge in [-0.2, -0.15) is 0 Å². The summed E-state index contributed by atoms with van der Waals surface area (Å²) in [5.41, 5.74) is 7.21. The minimum absolute atomic E-state index is 0.221. The Hall–Kier alpha value is -1.88. The van der Waals surface area contributed by atoms with Gasteiger partial charge in [-0.25, -0.2) is 0 Å². The second kappa shape index (κ2) is 5.31. The highest BCUT2D eigenvalue weighted by Gasteiger charge is 2.45. The Morgan fingerprint density at radius 1 is 1.04 bits per heavy atom. The van der Waals surface area contributed by atoms with Gasteiger partial charge in [0.1, 0.15) is 18.0 Å². The fraction of sp³-hybridized carbons (Fsp3) is 0.400. The molecular weight excluding hydrogens is 304 g/mol. The van der Waals surface area contributed by atoms with Crippen LogP contribution < -0.4 is 4.74 Å². The lowest BCUT2D eigenvalue weighted by Gasteiger charge is -2.35. The Labute approximate surface area is 140 Å². The van der Waals surface area contributed by atoms with Gasteiger partial charge in [0.15, 0.2) is 6.10 Å². The van der Waals surface area contributed by atoms with Crippen molar-refractivity contribution in [3.05, 3.63) is 52.6 Å². The average molecular weight is 324 g/mol. The van der Waals surface area contributed by atoms with Crippen molar-refractivity contribution in [1.29, 1.82) is 0 Å². The molecule has 0 bridgehead atoms. The normalized spacial score (nSPS) is 26.8. The zero-order chi connectivity index (χ0) is 16.3. The summed E-state index contributed by atoms with van der Waals surface area (Å²) in [6.07, 6.45) is 1.38. The molecule has 2 aromatic rings. The topological polar surface area (TPSA) is 58.9 Å². The number of aliphatic hydroxyl groups is 2. The number of aliphatic hydroxyl groups excluding tert-OH is 2. The molecule has 0 radical (unpaired) electrons. The molecule has 5 rings (SSSR count). The molecule has 3 aliphatic rings. The fourth-order valence-electron chi connectivity index (χ4n) is 4.51. The third kappa shape index (κ3) is 1.85. The van der Waals surface area contributed by atoms with Crippen molar-refractivity contribution in [2.75, 3.05) is 6.61 Å². The van der Waals surface area contributed by atoms with E-state index in [0.717, 1.165) is 41.7 Å². The maximum atomic E-state index is 10.5. The Kier molecular flexibility index (Phi) is 3.20. The first-order valence-corrected chi connectivity index (χ1v) is 8.62. The van der Waals surface area contributed by atoms with Gasteiger partial charge in [0.2, 0.25) is 0 Å². The summed E-state index contributed by atoms with van der Waals surface area (Å²) >= 11 is 0. The number of ether oxygens (including phenoxy) is 2. The van der Waals surface area contributed by atoms with Crippen molar-refractivity contribution in [2.24, 2.45) is 0 Å². The zero-order valence-electron chi connectivity index (χ0n) is 13.4. The van der Waals surface area contributed by atoms with E-state index >= 15 is 0 Å². The molecule has 0 saturated heterocycles. The molecular formula is C20H20O4. The molecule has 3 atom stereocenters. The van der Waals surface area contributed by atoms with E-state index in [1.165, 1.54) is 16.7 Å². The minimum Gasteiger partial charge on any atom is -0.484 e. The molecule has 124 valence electrons. The predicted octanol–water partition coefficient (Wildman–Crippen LogP) is 2.53. The summed E-state index contributed by atoms with van der Waals surface area (Å²) in [5.74, 6) is 0.809. The molecule has 2 aliphatic heterocycles. The van der Waals surface area contributed by atoms with Gasteiger partial charge >= 0.3 is 0 Å². The standard InChI is InChI=1S/C20H20O4/c21-9-15-18(22)20-17-14(10-23-20)12-7-4-8-13(12)16(19(17)24-15)11-5-2-1-3-6-11/h1-3,5-6,15,18,20-22H,4,7-10H2/t15-,18+,20-/m1/s1. The molecule has 0 unspecified atom stereocenters. The van der Waals surface area contributed by atoms with Crippen LogP contribution in [0.4, 0.5) is 0 Å². The van der Waals surface area contributed by atoms with E-state index < -0.39 is 18.3 Å². The molecule has 0 spiro atoms. The van der Waals surface area contributed by atoms with Crippen LogP contribution in [0.25, 0.3) is 11.1 Å². The largest absolute Gasteiger partial charge is 0.484 e. The van der Waals surface area contributed by atoms with Gasteiger partial charge in [-0.3, -0.25) is 0 Å². The van der Waals surface area contributed by atoms with Crippen molar-refractivity contribution in [2.45, 2.75) is 44.2 Å². The lowest BCUT2D eigenvalue weighted by atomic mass is 9.85. The van der Waals surface area contributed by atoms with Crippen LogP contribution in [0.1, 0.15) is 34.8 Å². The quantitative estimate of drug-likeness (QED) is 0.891. The monoisotopic (exact) mass is 324 g/mol. The van der Waals surface area contributed by atoms with E-state index in [1.54, 1.807) is 0 Å². The Morgan fingerprint density at radius 2 is 1.83 bits per heavy atom. The van der Waals surface area contributed by atoms with Crippen LogP contribution in [-0.2, 0) is 24.2 Å². The highest BCUT2D eigenvalue weighted by molar-refractivity contribution is 5.80. The summed E-state index contributed by atoms with van der Waals surface area (Å²) in [4.78, 5) is 0. The molecule has 2 heterocycles. The van der Waals surface area contributed by atoms with Crippen LogP contribution in [0, 0.1) is 0 Å². The molecule has 2 aromatic carbocycles. The summed E-state index contributed by atoms with van der Waals surface area (Å²) in [6.45, 7) is 0.310. The van der Waals surface area contributed by atoms with Gasteiger partial charge in [0.25, 0.3) is 0 Å². The third-order valence-corrected chi connectivity index (χ3v) is 5.58. The van der Waals surface area contributed by atoms with E-state index in [1.807, 2.05) is 18.2 Å². The van der Waals surface area contributed by atoms with Gasteiger partial charge in [-0.1, -0.05) is 30.3 Å². The second-order valence-electron chi connectivity index (χ2n) is 6.83. The van der Waals surface area contributed by atoms with Crippen molar-refractivity contribution in [1.82, 2.24) is 0 Å². The Bertz CT molecular complexity index is 799. The van der Waals surface area contributed by atoms with Crippen LogP contribution in [0.2, 0.25) is 0 Å². The summed E-state index contributed by atoms with van der Waals surface area (Å²) in [7, 11) is 0. The molecule has 2 N–H and O–H groups in total. The number of hydrogen-bond acceptors (Lipinski definition) is 4. The van der Waals surface area contributed by atoms with Crippen LogP contribution in [0.15, 0.2) is 30.3 Å². The minimum atomic E-state index is -0.827. The number of hydrogen-bond donors (Lipinski definition) is 2. The maximum absolute atomic E-state index is 10.5. The van der Waals surface area contributed by atoms with Crippen molar-refractivity contribution < 1.29 is 19.7 Å². The third-order valence-electron chi connectivity index (χ3n) is 5.58. The molecule has 0 amide bonds. The van der Waals surface area contributed by atoms with Gasteiger partial charge < -0.3 is 19.7 Å². The van der Waals surface area contributed by atoms with Crippen molar-refractivity contribution >= 4 is 0 Å². The summed E-state index contributed by atoms with van der Waals surface area (Å²) < 4.78 is 12.0. The lowest BCUT2D eigenvalue weighted by molar-refractivity contribution is -0.103. The van der Waals surface area contributed by atoms with Gasteiger partial charge in [-0.15, -0.1) is 0 Å². The highest BCUT2D eigenvalue weighted by Crippen LogP contribution is 2.53. The molecule has 0 aromatic heterocycles. The summed E-state index contributed by atoms with van der Waals surface area (Å²) in [5, 5.41) is 20.1. The summed E-state index contributed by atoms with van der Waals surface area (Å²) in [6, 6.07) is 10.3. The van der Waals surface area contributed by atoms with E-state index in [2.05, 4.69) is 12.1 Å². The highest BCUT2D eigenvalue weighted by atomic mass is 16.5. The first kappa shape index (κ1) is 14.5. The van der Waals surface area contributed by atoms with E-state index in [9.17, 15) is 10.2 Å². The predicted molar refractivity (Wildman–Crippen MR) is 88.9 cm³/mol. The zero-order valence-corrected chi connectivity index (χ0v) is 13.4. The molecule has 0 fully saturated rings. The number of rotatable bonds is 2. The van der Waals surface area contributed by atoms with Crippen molar-refractivity contribution in [3.63, 3.8) is 0 Å². The molecule has 1 aliphatic carbocycles. The van der Waals surface area contributed by atoms with E-state index in [0.29, 0.717) is 6.61 Å². The molecule has 4 heteroatoms. The van der Waals surface area contributed by atoms with Crippen molar-refractivity contribution in [3.8, 4) is 16.9 Å². The van der Waals surface area contributed by atoms with Gasteiger partial charge in [-0.05, 0) is 41.5 Å². The van der Waals surface area contributed by atoms with Crippen LogP contribution in [0.5, 0.6) is 5.75 Å². The van der Waals surface area contributed by atoms with Crippen LogP contribution in [0.3, 0.4) is 0 Å². The molecule has 4 nitrogen and oxygen atoms in total. The van der Waals surface area contributed by atoms with Crippen LogP contribution >= 0.6 is 0 Å². The van der Waals surface area contributed by atoms with E-state index in [-0.39, 0.29) is 6.61 Å².